The Morgan fingerprint density at radius 1 is 1.24 bits per heavy atom. The summed E-state index contributed by atoms with van der Waals surface area (Å²) in [6.07, 6.45) is 5.38. The summed E-state index contributed by atoms with van der Waals surface area (Å²) in [5.74, 6) is 2.77. The van der Waals surface area contributed by atoms with Gasteiger partial charge in [-0.25, -0.2) is 0 Å². The van der Waals surface area contributed by atoms with Crippen molar-refractivity contribution in [2.45, 2.75) is 44.9 Å². The van der Waals surface area contributed by atoms with Crippen molar-refractivity contribution in [3.8, 4) is 0 Å². The largest absolute Gasteiger partial charge is 0.122 e. The molecule has 1 heteroatoms. The normalized spacial score (nSPS) is 32.3. The number of rotatable bonds is 3. The van der Waals surface area contributed by atoms with Crippen LogP contribution in [-0.4, -0.2) is 5.38 Å². The van der Waals surface area contributed by atoms with Crippen LogP contribution < -0.4 is 0 Å². The highest BCUT2D eigenvalue weighted by Crippen LogP contribution is 2.60. The first-order chi connectivity index (χ1) is 8.16. The molecule has 0 nitrogen and oxygen atoms in total. The molecule has 1 aromatic rings. The fraction of sp³-hybridized carbons (Fsp3) is 0.625. The van der Waals surface area contributed by atoms with Gasteiger partial charge < -0.3 is 0 Å². The van der Waals surface area contributed by atoms with Crippen LogP contribution in [0, 0.1) is 31.6 Å². The van der Waals surface area contributed by atoms with E-state index in [0.717, 1.165) is 24.2 Å². The second kappa shape index (κ2) is 4.31. The Labute approximate surface area is 109 Å². The molecule has 92 valence electrons. The van der Waals surface area contributed by atoms with Gasteiger partial charge in [0.2, 0.25) is 0 Å². The molecule has 0 saturated heterocycles. The minimum Gasteiger partial charge on any atom is -0.122 e. The number of aryl methyl sites for hydroxylation is 2. The molecule has 0 aliphatic heterocycles. The molecule has 3 unspecified atom stereocenters. The molecule has 2 saturated carbocycles. The van der Waals surface area contributed by atoms with Gasteiger partial charge in [-0.3, -0.25) is 0 Å². The summed E-state index contributed by atoms with van der Waals surface area (Å²) in [6, 6.07) is 6.72. The molecule has 0 amide bonds. The number of alkyl halides is 1. The molecule has 2 aliphatic carbocycles. The Kier molecular flexibility index (Phi) is 2.94. The predicted molar refractivity (Wildman–Crippen MR) is 73.6 cm³/mol. The molecule has 0 aromatic heterocycles. The Morgan fingerprint density at radius 3 is 2.65 bits per heavy atom. The van der Waals surface area contributed by atoms with E-state index in [0.29, 0.717) is 5.38 Å². The number of benzene rings is 1. The smallest absolute Gasteiger partial charge is 0.0410 e. The molecule has 0 radical (unpaired) electrons. The van der Waals surface area contributed by atoms with Gasteiger partial charge in [0.25, 0.3) is 0 Å². The first kappa shape index (κ1) is 11.6. The number of halogens is 1. The average molecular weight is 249 g/mol. The standard InChI is InChI=1S/C16H21Cl/c1-10-6-7-11(2)12(8-10)9-15(17)16-13-4-3-5-14(13)16/h6-8,13-16H,3-5,9H2,1-2H3. The third kappa shape index (κ3) is 2.12. The van der Waals surface area contributed by atoms with E-state index in [1.165, 1.54) is 36.0 Å². The van der Waals surface area contributed by atoms with Crippen molar-refractivity contribution >= 4 is 11.6 Å². The molecule has 0 spiro atoms. The molecule has 0 N–H and O–H groups in total. The SMILES string of the molecule is Cc1ccc(C)c(CC(Cl)C2C3CCCC32)c1. The van der Waals surface area contributed by atoms with Crippen molar-refractivity contribution in [3.05, 3.63) is 34.9 Å². The van der Waals surface area contributed by atoms with Crippen LogP contribution >= 0.6 is 11.6 Å². The van der Waals surface area contributed by atoms with Crippen molar-refractivity contribution in [2.24, 2.45) is 17.8 Å². The second-order valence-electron chi connectivity index (χ2n) is 5.99. The van der Waals surface area contributed by atoms with Crippen LogP contribution in [0.2, 0.25) is 0 Å². The highest BCUT2D eigenvalue weighted by Gasteiger charge is 2.55. The monoisotopic (exact) mass is 248 g/mol. The molecule has 2 aliphatic rings. The van der Waals surface area contributed by atoms with Crippen molar-refractivity contribution in [2.75, 3.05) is 0 Å². The van der Waals surface area contributed by atoms with E-state index in [1.54, 1.807) is 0 Å². The van der Waals surface area contributed by atoms with Crippen molar-refractivity contribution < 1.29 is 0 Å². The van der Waals surface area contributed by atoms with Crippen LogP contribution in [0.1, 0.15) is 36.0 Å². The van der Waals surface area contributed by atoms with E-state index in [4.69, 9.17) is 11.6 Å². The van der Waals surface area contributed by atoms with E-state index in [2.05, 4.69) is 32.0 Å². The maximum Gasteiger partial charge on any atom is 0.0410 e. The van der Waals surface area contributed by atoms with Crippen LogP contribution in [-0.2, 0) is 6.42 Å². The van der Waals surface area contributed by atoms with Crippen molar-refractivity contribution in [1.82, 2.24) is 0 Å². The topological polar surface area (TPSA) is 0 Å². The summed E-state index contributed by atoms with van der Waals surface area (Å²) in [5.41, 5.74) is 4.20. The predicted octanol–water partition coefficient (Wildman–Crippen LogP) is 4.50. The first-order valence-corrected chi connectivity index (χ1v) is 7.30. The Bertz CT molecular complexity index is 414. The fourth-order valence-corrected chi connectivity index (χ4v) is 4.32. The maximum atomic E-state index is 6.64. The molecule has 3 atom stereocenters. The molecule has 2 fully saturated rings. The van der Waals surface area contributed by atoms with Crippen LogP contribution in [0.25, 0.3) is 0 Å². The van der Waals surface area contributed by atoms with E-state index in [1.807, 2.05) is 0 Å². The van der Waals surface area contributed by atoms with Crippen molar-refractivity contribution in [3.63, 3.8) is 0 Å². The summed E-state index contributed by atoms with van der Waals surface area (Å²) >= 11 is 6.64. The van der Waals surface area contributed by atoms with Crippen molar-refractivity contribution in [1.29, 1.82) is 0 Å². The molecular weight excluding hydrogens is 228 g/mol. The van der Waals surface area contributed by atoms with Gasteiger partial charge in [0.05, 0.1) is 0 Å². The van der Waals surface area contributed by atoms with Crippen LogP contribution in [0.3, 0.4) is 0 Å². The number of fused-ring (bicyclic) bond motifs is 1. The quantitative estimate of drug-likeness (QED) is 0.691. The Balaban J connectivity index is 1.68. The highest BCUT2D eigenvalue weighted by molar-refractivity contribution is 6.21. The van der Waals surface area contributed by atoms with Gasteiger partial charge in [-0.15, -0.1) is 11.6 Å². The molecule has 0 heterocycles. The summed E-state index contributed by atoms with van der Waals surface area (Å²) in [4.78, 5) is 0. The van der Waals surface area contributed by atoms with Gasteiger partial charge in [-0.2, -0.15) is 0 Å². The fourth-order valence-electron chi connectivity index (χ4n) is 3.78. The Hall–Kier alpha value is -0.490. The van der Waals surface area contributed by atoms with Gasteiger partial charge in [0.15, 0.2) is 0 Å². The van der Waals surface area contributed by atoms with E-state index < -0.39 is 0 Å². The van der Waals surface area contributed by atoms with Crippen LogP contribution in [0.15, 0.2) is 18.2 Å². The van der Waals surface area contributed by atoms with E-state index in [9.17, 15) is 0 Å². The third-order valence-electron chi connectivity index (χ3n) is 4.81. The second-order valence-corrected chi connectivity index (χ2v) is 6.55. The minimum atomic E-state index is 0.366. The minimum absolute atomic E-state index is 0.366. The maximum absolute atomic E-state index is 6.64. The molecule has 17 heavy (non-hydrogen) atoms. The summed E-state index contributed by atoms with van der Waals surface area (Å²) in [5, 5.41) is 0.366. The Morgan fingerprint density at radius 2 is 1.94 bits per heavy atom. The third-order valence-corrected chi connectivity index (χ3v) is 5.26. The molecule has 1 aromatic carbocycles. The van der Waals surface area contributed by atoms with Gasteiger partial charge >= 0.3 is 0 Å². The summed E-state index contributed by atoms with van der Waals surface area (Å²) < 4.78 is 0. The molecular formula is C16H21Cl. The number of hydrogen-bond acceptors (Lipinski definition) is 0. The van der Waals surface area contributed by atoms with E-state index in [-0.39, 0.29) is 0 Å². The molecule has 3 rings (SSSR count). The zero-order chi connectivity index (χ0) is 12.0. The lowest BCUT2D eigenvalue weighted by atomic mass is 9.97. The zero-order valence-corrected chi connectivity index (χ0v) is 11.5. The lowest BCUT2D eigenvalue weighted by Gasteiger charge is -2.14. The van der Waals surface area contributed by atoms with Gasteiger partial charge in [-0.05, 0) is 62.0 Å². The first-order valence-electron chi connectivity index (χ1n) is 6.87. The lowest BCUT2D eigenvalue weighted by Crippen LogP contribution is -2.11. The average Bonchev–Trinajstić information content (AvgIpc) is 2.78. The zero-order valence-electron chi connectivity index (χ0n) is 10.7. The van der Waals surface area contributed by atoms with Gasteiger partial charge in [-0.1, -0.05) is 30.2 Å². The number of hydrogen-bond donors (Lipinski definition) is 0. The lowest BCUT2D eigenvalue weighted by molar-refractivity contribution is 0.558. The van der Waals surface area contributed by atoms with Crippen LogP contribution in [0.4, 0.5) is 0 Å². The molecule has 0 bridgehead atoms. The summed E-state index contributed by atoms with van der Waals surface area (Å²) in [7, 11) is 0. The van der Waals surface area contributed by atoms with E-state index >= 15 is 0 Å². The van der Waals surface area contributed by atoms with Gasteiger partial charge in [0.1, 0.15) is 0 Å². The summed E-state index contributed by atoms with van der Waals surface area (Å²) in [6.45, 7) is 4.37. The van der Waals surface area contributed by atoms with Crippen LogP contribution in [0.5, 0.6) is 0 Å². The van der Waals surface area contributed by atoms with Gasteiger partial charge in [0, 0.05) is 5.38 Å². The highest BCUT2D eigenvalue weighted by atomic mass is 35.5.